The number of ether oxygens (including phenoxy) is 2. The first-order valence-corrected chi connectivity index (χ1v) is 9.89. The molecule has 0 atom stereocenters. The van der Waals surface area contributed by atoms with Gasteiger partial charge in [-0.1, -0.05) is 17.7 Å². The van der Waals surface area contributed by atoms with Crippen molar-refractivity contribution in [3.63, 3.8) is 0 Å². The van der Waals surface area contributed by atoms with Crippen molar-refractivity contribution < 1.29 is 32.2 Å². The number of aromatic nitrogens is 1. The van der Waals surface area contributed by atoms with Crippen LogP contribution in [0.2, 0.25) is 0 Å². The van der Waals surface area contributed by atoms with Crippen LogP contribution in [0.3, 0.4) is 0 Å². The van der Waals surface area contributed by atoms with Crippen LogP contribution in [0.15, 0.2) is 53.9 Å². The zero-order valence-electron chi connectivity index (χ0n) is 16.2. The summed E-state index contributed by atoms with van der Waals surface area (Å²) in [5.41, 5.74) is 2.31. The monoisotopic (exact) mass is 450 g/mol. The number of benzene rings is 2. The van der Waals surface area contributed by atoms with Crippen LogP contribution in [-0.4, -0.2) is 23.2 Å². The second-order valence-electron chi connectivity index (χ2n) is 6.47. The molecule has 0 aliphatic carbocycles. The third kappa shape index (κ3) is 7.10. The van der Waals surface area contributed by atoms with Gasteiger partial charge in [0.25, 0.3) is 0 Å². The number of alkyl halides is 3. The van der Waals surface area contributed by atoms with Gasteiger partial charge in [0.2, 0.25) is 5.91 Å². The van der Waals surface area contributed by atoms with Crippen molar-refractivity contribution in [1.82, 2.24) is 4.98 Å². The molecule has 0 bridgehead atoms. The number of amides is 1. The Morgan fingerprint density at radius 2 is 1.74 bits per heavy atom. The van der Waals surface area contributed by atoms with Crippen LogP contribution < -0.4 is 10.1 Å². The average Bonchev–Trinajstić information content (AvgIpc) is 3.14. The average molecular weight is 450 g/mol. The molecule has 3 aromatic rings. The zero-order chi connectivity index (χ0) is 22.4. The van der Waals surface area contributed by atoms with Crippen LogP contribution >= 0.6 is 11.3 Å². The largest absolute Gasteiger partial charge is 0.573 e. The number of nitrogens with zero attached hydrogens (tertiary/aromatic N) is 1. The molecule has 0 aliphatic heterocycles. The highest BCUT2D eigenvalue weighted by atomic mass is 32.1. The van der Waals surface area contributed by atoms with E-state index >= 15 is 0 Å². The van der Waals surface area contributed by atoms with E-state index in [1.54, 1.807) is 5.38 Å². The van der Waals surface area contributed by atoms with Gasteiger partial charge in [-0.15, -0.1) is 24.5 Å². The highest BCUT2D eigenvalue weighted by molar-refractivity contribution is 7.09. The van der Waals surface area contributed by atoms with E-state index in [0.29, 0.717) is 16.4 Å². The molecule has 0 aliphatic rings. The lowest BCUT2D eigenvalue weighted by Crippen LogP contribution is -2.17. The van der Waals surface area contributed by atoms with Gasteiger partial charge in [0, 0.05) is 11.1 Å². The molecule has 0 saturated heterocycles. The Hall–Kier alpha value is -3.40. The van der Waals surface area contributed by atoms with E-state index in [1.165, 1.54) is 23.5 Å². The van der Waals surface area contributed by atoms with E-state index in [0.717, 1.165) is 17.7 Å². The maximum absolute atomic E-state index is 12.2. The van der Waals surface area contributed by atoms with Gasteiger partial charge in [0.15, 0.2) is 0 Å². The van der Waals surface area contributed by atoms with Crippen LogP contribution in [0, 0.1) is 6.92 Å². The number of esters is 1. The van der Waals surface area contributed by atoms with Gasteiger partial charge in [-0.3, -0.25) is 4.79 Å². The third-order valence-corrected chi connectivity index (χ3v) is 4.82. The fourth-order valence-corrected chi connectivity index (χ4v) is 3.27. The molecule has 2 aromatic carbocycles. The Morgan fingerprint density at radius 1 is 1.06 bits per heavy atom. The smallest absolute Gasteiger partial charge is 0.456 e. The van der Waals surface area contributed by atoms with Crippen molar-refractivity contribution in [3.05, 3.63) is 75.7 Å². The fraction of sp³-hybridized carbons (Fsp3) is 0.190. The maximum Gasteiger partial charge on any atom is 0.573 e. The molecule has 0 fully saturated rings. The van der Waals surface area contributed by atoms with Crippen LogP contribution in [0.5, 0.6) is 5.75 Å². The van der Waals surface area contributed by atoms with E-state index in [1.807, 2.05) is 31.2 Å². The van der Waals surface area contributed by atoms with Crippen molar-refractivity contribution >= 4 is 28.9 Å². The van der Waals surface area contributed by atoms with E-state index < -0.39 is 18.1 Å². The number of carbonyl (C=O) groups is 2. The second kappa shape index (κ2) is 9.61. The molecule has 0 unspecified atom stereocenters. The first kappa shape index (κ1) is 22.3. The Balaban J connectivity index is 1.48. The number of hydrogen-bond acceptors (Lipinski definition) is 6. The predicted octanol–water partition coefficient (Wildman–Crippen LogP) is 4.89. The van der Waals surface area contributed by atoms with Crippen molar-refractivity contribution in [2.75, 3.05) is 5.32 Å². The first-order chi connectivity index (χ1) is 14.7. The molecule has 0 radical (unpaired) electrons. The standard InChI is InChI=1S/C21H17F3N2O4S/c1-13-2-6-15(7-3-13)25-18(27)10-19-26-16(12-31-19)11-29-20(28)14-4-8-17(9-5-14)30-21(22,23)24/h2-9,12H,10-11H2,1H3,(H,25,27). The van der Waals surface area contributed by atoms with Crippen molar-refractivity contribution in [2.45, 2.75) is 26.3 Å². The normalized spacial score (nSPS) is 11.1. The molecule has 31 heavy (non-hydrogen) atoms. The van der Waals surface area contributed by atoms with Crippen LogP contribution in [0.1, 0.15) is 26.6 Å². The van der Waals surface area contributed by atoms with Gasteiger partial charge in [-0.05, 0) is 43.3 Å². The number of carbonyl (C=O) groups excluding carboxylic acids is 2. The minimum atomic E-state index is -4.80. The summed E-state index contributed by atoms with van der Waals surface area (Å²) in [6.45, 7) is 1.82. The summed E-state index contributed by atoms with van der Waals surface area (Å²) in [5.74, 6) is -1.37. The number of halogens is 3. The lowest BCUT2D eigenvalue weighted by atomic mass is 10.2. The van der Waals surface area contributed by atoms with Crippen molar-refractivity contribution in [1.29, 1.82) is 0 Å². The van der Waals surface area contributed by atoms with Gasteiger partial charge in [-0.2, -0.15) is 0 Å². The Kier molecular flexibility index (Phi) is 6.91. The maximum atomic E-state index is 12.2. The second-order valence-corrected chi connectivity index (χ2v) is 7.41. The number of aryl methyl sites for hydroxylation is 1. The Bertz CT molecular complexity index is 1050. The van der Waals surface area contributed by atoms with Gasteiger partial charge in [0.05, 0.1) is 17.7 Å². The minimum absolute atomic E-state index is 0.0717. The van der Waals surface area contributed by atoms with Crippen LogP contribution in [0.4, 0.5) is 18.9 Å². The van der Waals surface area contributed by atoms with Crippen LogP contribution in [0.25, 0.3) is 0 Å². The number of nitrogens with one attached hydrogen (secondary N) is 1. The van der Waals surface area contributed by atoms with Gasteiger partial charge >= 0.3 is 12.3 Å². The lowest BCUT2D eigenvalue weighted by molar-refractivity contribution is -0.274. The lowest BCUT2D eigenvalue weighted by Gasteiger charge is -2.09. The molecule has 0 saturated carbocycles. The minimum Gasteiger partial charge on any atom is -0.456 e. The molecule has 3 rings (SSSR count). The highest BCUT2D eigenvalue weighted by Gasteiger charge is 2.31. The molecule has 10 heteroatoms. The summed E-state index contributed by atoms with van der Waals surface area (Å²) in [5, 5.41) is 5.01. The van der Waals surface area contributed by atoms with Gasteiger partial charge in [-0.25, -0.2) is 9.78 Å². The molecule has 1 N–H and O–H groups in total. The van der Waals surface area contributed by atoms with Crippen molar-refractivity contribution in [2.24, 2.45) is 0 Å². The number of hydrogen-bond donors (Lipinski definition) is 1. The van der Waals surface area contributed by atoms with E-state index in [2.05, 4.69) is 15.0 Å². The number of thiazole rings is 1. The molecular weight excluding hydrogens is 433 g/mol. The molecule has 6 nitrogen and oxygen atoms in total. The Labute approximate surface area is 179 Å². The summed E-state index contributed by atoms with van der Waals surface area (Å²) in [6, 6.07) is 11.8. The number of anilines is 1. The Morgan fingerprint density at radius 3 is 2.39 bits per heavy atom. The summed E-state index contributed by atoms with van der Waals surface area (Å²) in [7, 11) is 0. The van der Waals surface area contributed by atoms with E-state index in [9.17, 15) is 22.8 Å². The molecule has 162 valence electrons. The van der Waals surface area contributed by atoms with E-state index in [-0.39, 0.29) is 24.5 Å². The van der Waals surface area contributed by atoms with Crippen molar-refractivity contribution in [3.8, 4) is 5.75 Å². The fourth-order valence-electron chi connectivity index (χ4n) is 2.49. The summed E-state index contributed by atoms with van der Waals surface area (Å²) >= 11 is 1.26. The highest BCUT2D eigenvalue weighted by Crippen LogP contribution is 2.23. The first-order valence-electron chi connectivity index (χ1n) is 9.01. The van der Waals surface area contributed by atoms with Gasteiger partial charge in [0.1, 0.15) is 17.4 Å². The molecule has 1 amide bonds. The van der Waals surface area contributed by atoms with Gasteiger partial charge < -0.3 is 14.8 Å². The quantitative estimate of drug-likeness (QED) is 0.519. The zero-order valence-corrected chi connectivity index (χ0v) is 17.0. The molecular formula is C21H17F3N2O4S. The predicted molar refractivity (Wildman–Crippen MR) is 108 cm³/mol. The number of rotatable bonds is 7. The van der Waals surface area contributed by atoms with E-state index in [4.69, 9.17) is 4.74 Å². The summed E-state index contributed by atoms with van der Waals surface area (Å²) in [4.78, 5) is 28.4. The SMILES string of the molecule is Cc1ccc(NC(=O)Cc2nc(COC(=O)c3ccc(OC(F)(F)F)cc3)cs2)cc1. The van der Waals surface area contributed by atoms with Crippen LogP contribution in [-0.2, 0) is 22.6 Å². The summed E-state index contributed by atoms with van der Waals surface area (Å²) < 4.78 is 45.4. The molecule has 1 aromatic heterocycles. The molecule has 0 spiro atoms. The third-order valence-electron chi connectivity index (χ3n) is 3.92. The summed E-state index contributed by atoms with van der Waals surface area (Å²) in [6.07, 6.45) is -4.73. The topological polar surface area (TPSA) is 77.5 Å². The molecule has 1 heterocycles.